The second-order valence-corrected chi connectivity index (χ2v) is 10.9. The maximum atomic E-state index is 13.2. The molecule has 0 saturated carbocycles. The molecular formula is C24H20Cl2N2O2S2. The van der Waals surface area contributed by atoms with E-state index in [9.17, 15) is 9.59 Å². The zero-order valence-corrected chi connectivity index (χ0v) is 20.7. The Kier molecular flexibility index (Phi) is 5.66. The van der Waals surface area contributed by atoms with Crippen molar-refractivity contribution in [3.05, 3.63) is 67.3 Å². The van der Waals surface area contributed by atoms with Crippen LogP contribution in [0.15, 0.2) is 36.4 Å². The van der Waals surface area contributed by atoms with Crippen molar-refractivity contribution in [2.24, 2.45) is 0 Å². The van der Waals surface area contributed by atoms with E-state index in [0.29, 0.717) is 46.0 Å². The minimum Gasteiger partial charge on any atom is -0.334 e. The maximum Gasteiger partial charge on any atom is 0.265 e. The van der Waals surface area contributed by atoms with E-state index in [1.807, 2.05) is 38.1 Å². The molecule has 4 nitrogen and oxygen atoms in total. The van der Waals surface area contributed by atoms with Crippen molar-refractivity contribution in [2.45, 2.75) is 13.8 Å². The number of carbonyl (C=O) groups is 2. The number of hydrogen-bond acceptors (Lipinski definition) is 4. The summed E-state index contributed by atoms with van der Waals surface area (Å²) in [4.78, 5) is 31.0. The third-order valence-electron chi connectivity index (χ3n) is 5.81. The summed E-state index contributed by atoms with van der Waals surface area (Å²) >= 11 is 15.9. The van der Waals surface area contributed by atoms with Crippen molar-refractivity contribution in [1.29, 1.82) is 0 Å². The maximum absolute atomic E-state index is 13.2. The predicted molar refractivity (Wildman–Crippen MR) is 135 cm³/mol. The first-order valence-corrected chi connectivity index (χ1v) is 12.7. The number of aryl methyl sites for hydroxylation is 2. The smallest absolute Gasteiger partial charge is 0.265 e. The Morgan fingerprint density at radius 1 is 0.719 bits per heavy atom. The van der Waals surface area contributed by atoms with Crippen molar-refractivity contribution in [2.75, 3.05) is 26.2 Å². The van der Waals surface area contributed by atoms with Gasteiger partial charge < -0.3 is 9.80 Å². The summed E-state index contributed by atoms with van der Waals surface area (Å²) in [6.07, 6.45) is 0. The van der Waals surface area contributed by atoms with Crippen LogP contribution in [0.1, 0.15) is 30.5 Å². The summed E-state index contributed by atoms with van der Waals surface area (Å²) in [5.74, 6) is -0.146. The van der Waals surface area contributed by atoms with Crippen LogP contribution in [0.4, 0.5) is 0 Å². The fourth-order valence-electron chi connectivity index (χ4n) is 4.02. The van der Waals surface area contributed by atoms with E-state index in [1.54, 1.807) is 9.80 Å². The van der Waals surface area contributed by atoms with Crippen molar-refractivity contribution in [3.8, 4) is 0 Å². The van der Waals surface area contributed by atoms with Gasteiger partial charge in [0.05, 0.1) is 10.0 Å². The molecule has 0 unspecified atom stereocenters. The minimum atomic E-state index is -0.0729. The summed E-state index contributed by atoms with van der Waals surface area (Å²) in [5.41, 5.74) is 2.27. The molecule has 2 aromatic carbocycles. The topological polar surface area (TPSA) is 40.6 Å². The molecule has 0 N–H and O–H groups in total. The predicted octanol–water partition coefficient (Wildman–Crippen LogP) is 6.64. The summed E-state index contributed by atoms with van der Waals surface area (Å²) < 4.78 is 2.03. The molecule has 1 aliphatic rings. The molecule has 0 bridgehead atoms. The first-order chi connectivity index (χ1) is 15.3. The molecule has 0 aliphatic carbocycles. The van der Waals surface area contributed by atoms with Gasteiger partial charge in [0.1, 0.15) is 9.75 Å². The van der Waals surface area contributed by atoms with Gasteiger partial charge >= 0.3 is 0 Å². The molecule has 2 aromatic heterocycles. The fraction of sp³-hybridized carbons (Fsp3) is 0.250. The van der Waals surface area contributed by atoms with Crippen molar-refractivity contribution >= 4 is 77.9 Å². The lowest BCUT2D eigenvalue weighted by Gasteiger charge is -2.34. The normalized spacial score (nSPS) is 14.5. The number of thiophene rings is 2. The van der Waals surface area contributed by atoms with Gasteiger partial charge in [0.15, 0.2) is 0 Å². The quantitative estimate of drug-likeness (QED) is 0.308. The van der Waals surface area contributed by atoms with Gasteiger partial charge in [-0.05, 0) is 37.1 Å². The van der Waals surface area contributed by atoms with Gasteiger partial charge in [0.25, 0.3) is 11.8 Å². The molecule has 164 valence electrons. The molecule has 1 aliphatic heterocycles. The summed E-state index contributed by atoms with van der Waals surface area (Å²) in [6, 6.07) is 12.0. The van der Waals surface area contributed by atoms with E-state index < -0.39 is 0 Å². The lowest BCUT2D eigenvalue weighted by atomic mass is 10.2. The number of carbonyl (C=O) groups excluding carboxylic acids is 2. The number of halogens is 2. The van der Waals surface area contributed by atoms with Crippen LogP contribution in [0.25, 0.3) is 20.2 Å². The molecule has 0 atom stereocenters. The molecular weight excluding hydrogens is 483 g/mol. The van der Waals surface area contributed by atoms with Gasteiger partial charge in [-0.3, -0.25) is 9.59 Å². The Bertz CT molecular complexity index is 1280. The number of amides is 2. The molecule has 2 amide bonds. The highest BCUT2D eigenvalue weighted by Gasteiger charge is 2.30. The molecule has 0 spiro atoms. The van der Waals surface area contributed by atoms with Gasteiger partial charge in [-0.2, -0.15) is 0 Å². The molecule has 5 rings (SSSR count). The number of nitrogens with zero attached hydrogens (tertiary/aromatic N) is 2. The Morgan fingerprint density at radius 2 is 1.09 bits per heavy atom. The Morgan fingerprint density at radius 3 is 1.47 bits per heavy atom. The number of rotatable bonds is 2. The first kappa shape index (κ1) is 21.7. The van der Waals surface area contributed by atoms with Gasteiger partial charge in [0, 0.05) is 46.4 Å². The van der Waals surface area contributed by atoms with E-state index in [0.717, 1.165) is 31.3 Å². The lowest BCUT2D eigenvalue weighted by Crippen LogP contribution is -2.50. The van der Waals surface area contributed by atoms with Gasteiger partial charge in [0.2, 0.25) is 0 Å². The monoisotopic (exact) mass is 502 g/mol. The van der Waals surface area contributed by atoms with E-state index in [4.69, 9.17) is 23.2 Å². The second kappa shape index (κ2) is 8.34. The third kappa shape index (κ3) is 3.69. The van der Waals surface area contributed by atoms with Crippen LogP contribution in [0, 0.1) is 13.8 Å². The average molecular weight is 503 g/mol. The van der Waals surface area contributed by atoms with Gasteiger partial charge in [-0.1, -0.05) is 47.5 Å². The van der Waals surface area contributed by atoms with Crippen molar-refractivity contribution < 1.29 is 9.59 Å². The summed E-state index contributed by atoms with van der Waals surface area (Å²) in [6.45, 7) is 5.92. The second-order valence-electron chi connectivity index (χ2n) is 8.07. The van der Waals surface area contributed by atoms with Crippen LogP contribution in [-0.2, 0) is 0 Å². The number of benzene rings is 2. The van der Waals surface area contributed by atoms with Gasteiger partial charge in [-0.15, -0.1) is 22.7 Å². The Balaban J connectivity index is 1.32. The highest BCUT2D eigenvalue weighted by molar-refractivity contribution is 7.22. The van der Waals surface area contributed by atoms with Crippen LogP contribution in [-0.4, -0.2) is 47.8 Å². The zero-order chi connectivity index (χ0) is 22.6. The van der Waals surface area contributed by atoms with Crippen LogP contribution < -0.4 is 0 Å². The minimum absolute atomic E-state index is 0.0729. The lowest BCUT2D eigenvalue weighted by molar-refractivity contribution is 0.0541. The highest BCUT2D eigenvalue weighted by Crippen LogP contribution is 2.38. The van der Waals surface area contributed by atoms with Crippen LogP contribution >= 0.6 is 45.9 Å². The van der Waals surface area contributed by atoms with Crippen LogP contribution in [0.2, 0.25) is 10.0 Å². The van der Waals surface area contributed by atoms with E-state index >= 15 is 0 Å². The summed E-state index contributed by atoms with van der Waals surface area (Å²) in [7, 11) is 0. The Hall–Kier alpha value is -2.12. The standard InChI is InChI=1S/C24H20Cl2N2O2S2/c1-13-3-5-15-17(11-13)31-21(19(15)25)23(29)27-7-9-28(10-8-27)24(30)22-20(26)16-6-4-14(2)12-18(16)32-22/h3-6,11-12H,7-10H2,1-2H3. The van der Waals surface area contributed by atoms with E-state index in [-0.39, 0.29) is 11.8 Å². The van der Waals surface area contributed by atoms with E-state index in [1.165, 1.54) is 22.7 Å². The number of fused-ring (bicyclic) bond motifs is 2. The van der Waals surface area contributed by atoms with E-state index in [2.05, 4.69) is 12.1 Å². The van der Waals surface area contributed by atoms with Crippen molar-refractivity contribution in [1.82, 2.24) is 9.80 Å². The van der Waals surface area contributed by atoms with Crippen LogP contribution in [0.5, 0.6) is 0 Å². The molecule has 0 radical (unpaired) electrons. The first-order valence-electron chi connectivity index (χ1n) is 10.3. The molecule has 1 saturated heterocycles. The zero-order valence-electron chi connectivity index (χ0n) is 17.6. The molecule has 32 heavy (non-hydrogen) atoms. The highest BCUT2D eigenvalue weighted by atomic mass is 35.5. The van der Waals surface area contributed by atoms with Gasteiger partial charge in [-0.25, -0.2) is 0 Å². The fourth-order valence-corrected chi connectivity index (χ4v) is 7.18. The molecule has 4 aromatic rings. The SMILES string of the molecule is Cc1ccc2c(Cl)c(C(=O)N3CCN(C(=O)c4sc5cc(C)ccc5c4Cl)CC3)sc2c1. The summed E-state index contributed by atoms with van der Waals surface area (Å²) in [5, 5.41) is 2.85. The molecule has 1 fully saturated rings. The molecule has 8 heteroatoms. The Labute approximate surface area is 203 Å². The third-order valence-corrected chi connectivity index (χ3v) is 9.10. The van der Waals surface area contributed by atoms with Crippen molar-refractivity contribution in [3.63, 3.8) is 0 Å². The number of piperazine rings is 1. The number of hydrogen-bond donors (Lipinski definition) is 0. The molecule has 3 heterocycles. The van der Waals surface area contributed by atoms with Crippen LogP contribution in [0.3, 0.4) is 0 Å². The largest absolute Gasteiger partial charge is 0.334 e. The average Bonchev–Trinajstić information content (AvgIpc) is 3.29.